The number of aromatic nitrogens is 3. The molecule has 0 saturated carbocycles. The van der Waals surface area contributed by atoms with E-state index in [1.54, 1.807) is 6.33 Å². The van der Waals surface area contributed by atoms with Gasteiger partial charge in [-0.05, 0) is 20.0 Å². The van der Waals surface area contributed by atoms with Crippen LogP contribution < -0.4 is 5.32 Å². The molecule has 2 atom stereocenters. The normalized spacial score (nSPS) is 22.1. The largest absolute Gasteiger partial charge is 0.374 e. The van der Waals surface area contributed by atoms with Crippen molar-refractivity contribution in [1.29, 1.82) is 0 Å². The van der Waals surface area contributed by atoms with E-state index in [2.05, 4.69) is 41.2 Å². The number of hydrogen-bond donors (Lipinski definition) is 1. The Labute approximate surface area is 121 Å². The molecule has 2 heterocycles. The first-order valence-electron chi connectivity index (χ1n) is 7.64. The number of nitrogens with zero attached hydrogens (tertiary/aromatic N) is 4. The minimum Gasteiger partial charge on any atom is -0.374 e. The van der Waals surface area contributed by atoms with Crippen molar-refractivity contribution in [2.75, 3.05) is 33.3 Å². The Morgan fingerprint density at radius 2 is 2.35 bits per heavy atom. The molecule has 1 aromatic rings. The molecule has 1 fully saturated rings. The van der Waals surface area contributed by atoms with Crippen molar-refractivity contribution in [3.8, 4) is 0 Å². The van der Waals surface area contributed by atoms with Gasteiger partial charge in [-0.3, -0.25) is 4.68 Å². The molecule has 0 aromatic carbocycles. The molecule has 2 rings (SSSR count). The zero-order chi connectivity index (χ0) is 14.4. The van der Waals surface area contributed by atoms with Crippen LogP contribution in [0, 0.1) is 0 Å². The molecule has 6 heteroatoms. The van der Waals surface area contributed by atoms with Crippen molar-refractivity contribution in [3.63, 3.8) is 0 Å². The highest BCUT2D eigenvalue weighted by Crippen LogP contribution is 2.12. The second-order valence-corrected chi connectivity index (χ2v) is 5.44. The summed E-state index contributed by atoms with van der Waals surface area (Å²) in [6.45, 7) is 8.96. The van der Waals surface area contributed by atoms with E-state index in [1.807, 2.05) is 4.68 Å². The van der Waals surface area contributed by atoms with E-state index in [4.69, 9.17) is 4.74 Å². The van der Waals surface area contributed by atoms with E-state index < -0.39 is 0 Å². The molecule has 1 N–H and O–H groups in total. The van der Waals surface area contributed by atoms with Gasteiger partial charge in [-0.1, -0.05) is 13.8 Å². The third kappa shape index (κ3) is 4.01. The second-order valence-electron chi connectivity index (χ2n) is 5.44. The standard InChI is InChI=1S/C14H27N5O/c1-4-6-19-14(16-11-17-19)9-12(15-5-2)13-10-18(3)7-8-20-13/h11-13,15H,4-10H2,1-3H3. The molecule has 0 radical (unpaired) electrons. The Morgan fingerprint density at radius 1 is 1.50 bits per heavy atom. The molecule has 0 amide bonds. The minimum atomic E-state index is 0.223. The quantitative estimate of drug-likeness (QED) is 0.790. The highest BCUT2D eigenvalue weighted by atomic mass is 16.5. The molecule has 0 bridgehead atoms. The summed E-state index contributed by atoms with van der Waals surface area (Å²) >= 11 is 0. The lowest BCUT2D eigenvalue weighted by atomic mass is 10.1. The van der Waals surface area contributed by atoms with Gasteiger partial charge in [0.15, 0.2) is 0 Å². The number of aryl methyl sites for hydroxylation is 1. The lowest BCUT2D eigenvalue weighted by Gasteiger charge is -2.35. The molecule has 2 unspecified atom stereocenters. The van der Waals surface area contributed by atoms with E-state index in [1.165, 1.54) is 0 Å². The fourth-order valence-corrected chi connectivity index (χ4v) is 2.69. The highest BCUT2D eigenvalue weighted by Gasteiger charge is 2.27. The fraction of sp³-hybridized carbons (Fsp3) is 0.857. The van der Waals surface area contributed by atoms with Crippen LogP contribution in [0.15, 0.2) is 6.33 Å². The maximum atomic E-state index is 5.95. The Kier molecular flexibility index (Phi) is 5.94. The van der Waals surface area contributed by atoms with Crippen LogP contribution in [-0.4, -0.2) is 65.1 Å². The lowest BCUT2D eigenvalue weighted by Crippen LogP contribution is -2.52. The van der Waals surface area contributed by atoms with E-state index in [0.717, 1.165) is 51.5 Å². The first kappa shape index (κ1) is 15.4. The predicted octanol–water partition coefficient (Wildman–Crippen LogP) is 0.539. The van der Waals surface area contributed by atoms with Crippen LogP contribution in [0.25, 0.3) is 0 Å². The van der Waals surface area contributed by atoms with Crippen LogP contribution in [0.4, 0.5) is 0 Å². The van der Waals surface area contributed by atoms with Crippen LogP contribution in [0.1, 0.15) is 26.1 Å². The van der Waals surface area contributed by atoms with Crippen molar-refractivity contribution >= 4 is 0 Å². The number of rotatable bonds is 7. The number of ether oxygens (including phenoxy) is 1. The van der Waals surface area contributed by atoms with Crippen LogP contribution in [0.5, 0.6) is 0 Å². The molecule has 1 saturated heterocycles. The van der Waals surface area contributed by atoms with Gasteiger partial charge >= 0.3 is 0 Å². The van der Waals surface area contributed by atoms with Gasteiger partial charge in [-0.15, -0.1) is 0 Å². The van der Waals surface area contributed by atoms with E-state index in [-0.39, 0.29) is 6.10 Å². The first-order chi connectivity index (χ1) is 9.74. The van der Waals surface area contributed by atoms with E-state index >= 15 is 0 Å². The summed E-state index contributed by atoms with van der Waals surface area (Å²) in [4.78, 5) is 6.74. The van der Waals surface area contributed by atoms with Gasteiger partial charge in [0.05, 0.1) is 12.7 Å². The van der Waals surface area contributed by atoms with Crippen LogP contribution in [0.2, 0.25) is 0 Å². The van der Waals surface area contributed by atoms with Gasteiger partial charge < -0.3 is 15.0 Å². The Hall–Kier alpha value is -0.980. The smallest absolute Gasteiger partial charge is 0.138 e. The predicted molar refractivity (Wildman–Crippen MR) is 78.7 cm³/mol. The zero-order valence-electron chi connectivity index (χ0n) is 12.9. The van der Waals surface area contributed by atoms with Crippen molar-refractivity contribution < 1.29 is 4.74 Å². The monoisotopic (exact) mass is 281 g/mol. The molecule has 1 aliphatic heterocycles. The molecule has 1 aliphatic rings. The lowest BCUT2D eigenvalue weighted by molar-refractivity contribution is -0.0386. The Bertz CT molecular complexity index is 395. The second kappa shape index (κ2) is 7.71. The Morgan fingerprint density at radius 3 is 3.05 bits per heavy atom. The van der Waals surface area contributed by atoms with Crippen molar-refractivity contribution in [3.05, 3.63) is 12.2 Å². The summed E-state index contributed by atoms with van der Waals surface area (Å²) in [6.07, 6.45) is 3.82. The van der Waals surface area contributed by atoms with E-state index in [0.29, 0.717) is 6.04 Å². The molecule has 20 heavy (non-hydrogen) atoms. The molecule has 6 nitrogen and oxygen atoms in total. The summed E-state index contributed by atoms with van der Waals surface area (Å²) in [5, 5.41) is 7.85. The fourth-order valence-electron chi connectivity index (χ4n) is 2.69. The highest BCUT2D eigenvalue weighted by molar-refractivity contribution is 4.94. The number of hydrogen-bond acceptors (Lipinski definition) is 5. The molecule has 1 aromatic heterocycles. The summed E-state index contributed by atoms with van der Waals surface area (Å²) in [5.41, 5.74) is 0. The summed E-state index contributed by atoms with van der Waals surface area (Å²) < 4.78 is 7.96. The van der Waals surface area contributed by atoms with Gasteiger partial charge in [0.25, 0.3) is 0 Å². The van der Waals surface area contributed by atoms with Crippen molar-refractivity contribution in [2.45, 2.75) is 45.4 Å². The average molecular weight is 281 g/mol. The maximum absolute atomic E-state index is 5.95. The number of likely N-dealkylation sites (N-methyl/N-ethyl adjacent to an activating group) is 2. The average Bonchev–Trinajstić information content (AvgIpc) is 2.86. The van der Waals surface area contributed by atoms with Crippen LogP contribution in [0.3, 0.4) is 0 Å². The topological polar surface area (TPSA) is 55.2 Å². The Balaban J connectivity index is 2.02. The van der Waals surface area contributed by atoms with Crippen LogP contribution >= 0.6 is 0 Å². The summed E-state index contributed by atoms with van der Waals surface area (Å²) in [7, 11) is 2.15. The molecule has 0 spiro atoms. The molecular weight excluding hydrogens is 254 g/mol. The van der Waals surface area contributed by atoms with Crippen molar-refractivity contribution in [2.24, 2.45) is 0 Å². The zero-order valence-corrected chi connectivity index (χ0v) is 12.9. The SMILES string of the molecule is CCCn1ncnc1CC(NCC)C1CN(C)CCO1. The summed E-state index contributed by atoms with van der Waals surface area (Å²) in [5.74, 6) is 1.05. The van der Waals surface area contributed by atoms with Gasteiger partial charge in [0.1, 0.15) is 12.2 Å². The maximum Gasteiger partial charge on any atom is 0.138 e. The third-order valence-electron chi connectivity index (χ3n) is 3.75. The van der Waals surface area contributed by atoms with E-state index in [9.17, 15) is 0 Å². The summed E-state index contributed by atoms with van der Waals surface area (Å²) in [6, 6.07) is 0.294. The van der Waals surface area contributed by atoms with Crippen molar-refractivity contribution in [1.82, 2.24) is 25.0 Å². The van der Waals surface area contributed by atoms with Gasteiger partial charge in [-0.25, -0.2) is 4.98 Å². The first-order valence-corrected chi connectivity index (χ1v) is 7.64. The minimum absolute atomic E-state index is 0.223. The van der Waals surface area contributed by atoms with Gasteiger partial charge in [0.2, 0.25) is 0 Å². The molecule has 114 valence electrons. The number of nitrogens with one attached hydrogen (secondary N) is 1. The van der Waals surface area contributed by atoms with Gasteiger partial charge in [0, 0.05) is 32.1 Å². The van der Waals surface area contributed by atoms with Gasteiger partial charge in [-0.2, -0.15) is 5.10 Å². The third-order valence-corrected chi connectivity index (χ3v) is 3.75. The van der Waals surface area contributed by atoms with Crippen LogP contribution in [-0.2, 0) is 17.7 Å². The molecular formula is C14H27N5O. The molecule has 0 aliphatic carbocycles. The number of morpholine rings is 1.